The monoisotopic (exact) mass is 273 g/mol. The molecule has 0 bridgehead atoms. The number of aryl methyl sites for hydroxylation is 2. The minimum Gasteiger partial charge on any atom is -0.348 e. The highest BCUT2D eigenvalue weighted by Gasteiger charge is 2.23. The normalized spacial score (nSPS) is 20.4. The summed E-state index contributed by atoms with van der Waals surface area (Å²) >= 11 is 0. The molecule has 5 nitrogen and oxygen atoms in total. The molecule has 0 aliphatic carbocycles. The summed E-state index contributed by atoms with van der Waals surface area (Å²) in [6, 6.07) is 2.65. The first-order valence-corrected chi connectivity index (χ1v) is 7.53. The molecule has 0 spiro atoms. The number of H-pyrrole nitrogens is 1. The van der Waals surface area contributed by atoms with Gasteiger partial charge in [0.05, 0.1) is 12.0 Å². The Labute approximate surface area is 120 Å². The number of likely N-dealkylation sites (tertiary alicyclic amines) is 1. The maximum absolute atomic E-state index is 4.44. The van der Waals surface area contributed by atoms with Crippen molar-refractivity contribution in [1.29, 1.82) is 0 Å². The molecule has 0 saturated carbocycles. The molecule has 5 heteroatoms. The van der Waals surface area contributed by atoms with E-state index in [0.717, 1.165) is 13.1 Å². The molecule has 20 heavy (non-hydrogen) atoms. The van der Waals surface area contributed by atoms with Crippen molar-refractivity contribution in [2.24, 2.45) is 0 Å². The van der Waals surface area contributed by atoms with Crippen molar-refractivity contribution in [3.63, 3.8) is 0 Å². The van der Waals surface area contributed by atoms with Gasteiger partial charge in [-0.15, -0.1) is 0 Å². The second-order valence-corrected chi connectivity index (χ2v) is 5.65. The zero-order chi connectivity index (χ0) is 13.8. The third kappa shape index (κ3) is 3.10. The van der Waals surface area contributed by atoms with Crippen LogP contribution in [0.25, 0.3) is 0 Å². The van der Waals surface area contributed by atoms with Crippen molar-refractivity contribution in [3.05, 3.63) is 36.2 Å². The van der Waals surface area contributed by atoms with Gasteiger partial charge in [-0.05, 0) is 38.8 Å². The Bertz CT molecular complexity index is 516. The molecule has 1 aliphatic heterocycles. The van der Waals surface area contributed by atoms with Crippen molar-refractivity contribution in [1.82, 2.24) is 24.6 Å². The molecule has 1 aliphatic rings. The van der Waals surface area contributed by atoms with E-state index in [9.17, 15) is 0 Å². The molecule has 1 saturated heterocycles. The van der Waals surface area contributed by atoms with Crippen LogP contribution in [0.4, 0.5) is 0 Å². The van der Waals surface area contributed by atoms with Crippen molar-refractivity contribution in [2.45, 2.75) is 51.7 Å². The molecule has 3 heterocycles. The summed E-state index contributed by atoms with van der Waals surface area (Å²) in [4.78, 5) is 10.2. The second-order valence-electron chi connectivity index (χ2n) is 5.65. The lowest BCUT2D eigenvalue weighted by atomic mass is 9.99. The molecule has 0 aromatic carbocycles. The number of nitrogens with one attached hydrogen (secondary N) is 1. The minimum atomic E-state index is 0.657. The van der Waals surface area contributed by atoms with E-state index >= 15 is 0 Å². The van der Waals surface area contributed by atoms with Crippen LogP contribution in [-0.2, 0) is 13.1 Å². The van der Waals surface area contributed by atoms with Crippen LogP contribution in [-0.4, -0.2) is 37.2 Å². The van der Waals surface area contributed by atoms with Gasteiger partial charge in [-0.3, -0.25) is 9.58 Å². The van der Waals surface area contributed by atoms with E-state index < -0.39 is 0 Å². The van der Waals surface area contributed by atoms with Gasteiger partial charge in [0, 0.05) is 37.2 Å². The lowest BCUT2D eigenvalue weighted by Gasteiger charge is -2.35. The molecule has 1 atom stereocenters. The average molecular weight is 273 g/mol. The van der Waals surface area contributed by atoms with E-state index in [1.54, 1.807) is 6.33 Å². The van der Waals surface area contributed by atoms with Gasteiger partial charge >= 0.3 is 0 Å². The lowest BCUT2D eigenvalue weighted by molar-refractivity contribution is 0.125. The fourth-order valence-electron chi connectivity index (χ4n) is 3.05. The Balaban J connectivity index is 1.60. The lowest BCUT2D eigenvalue weighted by Crippen LogP contribution is -2.39. The van der Waals surface area contributed by atoms with E-state index in [-0.39, 0.29) is 0 Å². The van der Waals surface area contributed by atoms with Gasteiger partial charge in [-0.1, -0.05) is 6.42 Å². The Morgan fingerprint density at radius 2 is 2.35 bits per heavy atom. The number of rotatable bonds is 5. The number of imidazole rings is 1. The first-order chi connectivity index (χ1) is 9.83. The second kappa shape index (κ2) is 6.22. The van der Waals surface area contributed by atoms with Gasteiger partial charge < -0.3 is 4.98 Å². The molecule has 0 unspecified atom stereocenters. The predicted molar refractivity (Wildman–Crippen MR) is 78.2 cm³/mol. The summed E-state index contributed by atoms with van der Waals surface area (Å²) in [7, 11) is 0. The van der Waals surface area contributed by atoms with Gasteiger partial charge in [0.25, 0.3) is 0 Å². The molecule has 3 rings (SSSR count). The molecule has 0 radical (unpaired) electrons. The van der Waals surface area contributed by atoms with Gasteiger partial charge in [0.15, 0.2) is 0 Å². The Hall–Kier alpha value is -1.62. The first-order valence-electron chi connectivity index (χ1n) is 7.53. The molecule has 2 aromatic rings. The fraction of sp³-hybridized carbons (Fsp3) is 0.600. The van der Waals surface area contributed by atoms with Crippen molar-refractivity contribution >= 4 is 0 Å². The van der Waals surface area contributed by atoms with Gasteiger partial charge in [-0.2, -0.15) is 5.10 Å². The van der Waals surface area contributed by atoms with E-state index in [1.165, 1.54) is 43.6 Å². The molecule has 108 valence electrons. The number of nitrogens with zero attached hydrogens (tertiary/aromatic N) is 4. The van der Waals surface area contributed by atoms with Gasteiger partial charge in [-0.25, -0.2) is 4.98 Å². The Morgan fingerprint density at radius 1 is 1.40 bits per heavy atom. The van der Waals surface area contributed by atoms with Crippen LogP contribution in [0.15, 0.2) is 24.8 Å². The summed E-state index contributed by atoms with van der Waals surface area (Å²) in [6.45, 7) is 5.27. The van der Waals surface area contributed by atoms with E-state index in [1.807, 2.05) is 23.1 Å². The van der Waals surface area contributed by atoms with Crippen LogP contribution in [0.2, 0.25) is 0 Å². The zero-order valence-electron chi connectivity index (χ0n) is 12.1. The van der Waals surface area contributed by atoms with Gasteiger partial charge in [0.2, 0.25) is 0 Å². The largest absolute Gasteiger partial charge is 0.348 e. The van der Waals surface area contributed by atoms with E-state index in [2.05, 4.69) is 26.9 Å². The molecule has 2 aromatic heterocycles. The third-order valence-corrected chi connectivity index (χ3v) is 4.29. The van der Waals surface area contributed by atoms with E-state index in [4.69, 9.17) is 0 Å². The van der Waals surface area contributed by atoms with Crippen LogP contribution in [0.1, 0.15) is 37.1 Å². The van der Waals surface area contributed by atoms with Crippen LogP contribution in [0, 0.1) is 6.92 Å². The molecular formula is C15H23N5. The molecular weight excluding hydrogens is 250 g/mol. The highest BCUT2D eigenvalue weighted by atomic mass is 15.3. The van der Waals surface area contributed by atoms with Crippen molar-refractivity contribution in [3.8, 4) is 0 Å². The van der Waals surface area contributed by atoms with Crippen LogP contribution in [0.5, 0.6) is 0 Å². The summed E-state index contributed by atoms with van der Waals surface area (Å²) < 4.78 is 2.03. The standard InChI is InChI=1S/C15H23N5/c1-13-15(17-12-16-13)11-19-8-3-2-5-14(19)6-10-20-9-4-7-18-20/h4,7,9,12,14H,2-3,5-6,8,10-11H2,1H3,(H,16,17)/t14-/m0/s1. The summed E-state index contributed by atoms with van der Waals surface area (Å²) in [6.07, 6.45) is 10.8. The smallest absolute Gasteiger partial charge is 0.0925 e. The average Bonchev–Trinajstić information content (AvgIpc) is 3.11. The number of piperidine rings is 1. The number of hydrogen-bond acceptors (Lipinski definition) is 3. The highest BCUT2D eigenvalue weighted by molar-refractivity contribution is 5.08. The number of aromatic amines is 1. The zero-order valence-corrected chi connectivity index (χ0v) is 12.1. The Morgan fingerprint density at radius 3 is 3.10 bits per heavy atom. The molecule has 1 N–H and O–H groups in total. The SMILES string of the molecule is Cc1[nH]cnc1CN1CCCC[C@H]1CCn1cccn1. The summed E-state index contributed by atoms with van der Waals surface area (Å²) in [5, 5.41) is 4.30. The molecule has 1 fully saturated rings. The van der Waals surface area contributed by atoms with Crippen molar-refractivity contribution in [2.75, 3.05) is 6.54 Å². The summed E-state index contributed by atoms with van der Waals surface area (Å²) in [5.41, 5.74) is 2.39. The maximum Gasteiger partial charge on any atom is 0.0925 e. The number of hydrogen-bond donors (Lipinski definition) is 1. The number of aromatic nitrogens is 4. The predicted octanol–water partition coefficient (Wildman–Crippen LogP) is 2.36. The fourth-order valence-corrected chi connectivity index (χ4v) is 3.05. The third-order valence-electron chi connectivity index (χ3n) is 4.29. The highest BCUT2D eigenvalue weighted by Crippen LogP contribution is 2.22. The first kappa shape index (κ1) is 13.4. The summed E-state index contributed by atoms with van der Waals surface area (Å²) in [5.74, 6) is 0. The minimum absolute atomic E-state index is 0.657. The quantitative estimate of drug-likeness (QED) is 0.910. The Kier molecular flexibility index (Phi) is 4.16. The van der Waals surface area contributed by atoms with Crippen molar-refractivity contribution < 1.29 is 0 Å². The van der Waals surface area contributed by atoms with Crippen LogP contribution >= 0.6 is 0 Å². The molecule has 0 amide bonds. The maximum atomic E-state index is 4.44. The topological polar surface area (TPSA) is 49.7 Å². The van der Waals surface area contributed by atoms with Gasteiger partial charge in [0.1, 0.15) is 0 Å². The van der Waals surface area contributed by atoms with Crippen LogP contribution < -0.4 is 0 Å². The van der Waals surface area contributed by atoms with Crippen LogP contribution in [0.3, 0.4) is 0 Å². The van der Waals surface area contributed by atoms with E-state index in [0.29, 0.717) is 6.04 Å².